The molecule has 0 aliphatic carbocycles. The van der Waals surface area contributed by atoms with E-state index in [1.165, 1.54) is 270 Å². The Morgan fingerprint density at radius 2 is 0.347 bits per heavy atom. The van der Waals surface area contributed by atoms with Crippen LogP contribution in [-0.4, -0.2) is 27.4 Å². The Hall–Kier alpha value is -18.5. The second kappa shape index (κ2) is 34.1. The molecule has 9 heterocycles. The lowest BCUT2D eigenvalue weighted by Crippen LogP contribution is -1.95. The molecule has 0 radical (unpaired) electrons. The summed E-state index contributed by atoms with van der Waals surface area (Å²) in [6, 6.07) is 191. The zero-order valence-corrected chi connectivity index (χ0v) is 82.0. The average molecular weight is 1920 g/mol. The minimum atomic E-state index is 1.16. The Balaban J connectivity index is 0.000000102. The fourth-order valence-electron chi connectivity index (χ4n) is 23.8. The Bertz CT molecular complexity index is 10900. The largest absolute Gasteiger partial charge is 0.309 e. The molecule has 0 saturated heterocycles. The van der Waals surface area contributed by atoms with Gasteiger partial charge in [0.2, 0.25) is 0 Å². The van der Waals surface area contributed by atoms with Crippen molar-refractivity contribution < 1.29 is 0 Å². The summed E-state index contributed by atoms with van der Waals surface area (Å²) in [5.41, 5.74) is 34.2. The predicted octanol–water partition coefficient (Wildman–Crippen LogP) is 39.1. The first kappa shape index (κ1) is 84.2. The third kappa shape index (κ3) is 13.4. The zero-order chi connectivity index (χ0) is 96.4. The van der Waals surface area contributed by atoms with E-state index >= 15 is 0 Å². The molecule has 0 amide bonds. The molecule has 0 unspecified atom stereocenters. The summed E-state index contributed by atoms with van der Waals surface area (Å²) in [5, 5.41) is 23.0. The maximum Gasteiger partial charge on any atom is 0.0640 e. The van der Waals surface area contributed by atoms with Crippen LogP contribution in [0.3, 0.4) is 0 Å². The molecule has 0 N–H and O–H groups in total. The van der Waals surface area contributed by atoms with Crippen molar-refractivity contribution in [1.82, 2.24) is 27.4 Å². The Morgan fingerprint density at radius 1 is 0.116 bits per heavy atom. The van der Waals surface area contributed by atoms with E-state index in [1.807, 2.05) is 34.0 Å². The van der Waals surface area contributed by atoms with Gasteiger partial charge in [-0.25, -0.2) is 0 Å². The number of hydrogen-bond donors (Lipinski definition) is 0. The van der Waals surface area contributed by atoms with Gasteiger partial charge in [-0.2, -0.15) is 0 Å². The third-order valence-electron chi connectivity index (χ3n) is 30.4. The van der Waals surface area contributed by atoms with Gasteiger partial charge in [-0.15, -0.1) is 34.0 Å². The van der Waals surface area contributed by atoms with Gasteiger partial charge in [0.05, 0.1) is 97.4 Å². The molecule has 0 saturated carbocycles. The minimum Gasteiger partial charge on any atom is -0.309 e. The van der Waals surface area contributed by atoms with Gasteiger partial charge in [0, 0.05) is 128 Å². The Kier molecular flexibility index (Phi) is 19.6. The van der Waals surface area contributed by atoms with Gasteiger partial charge < -0.3 is 27.4 Å². The van der Waals surface area contributed by atoms with Crippen LogP contribution in [0.15, 0.2) is 522 Å². The van der Waals surface area contributed by atoms with Crippen molar-refractivity contribution in [3.63, 3.8) is 0 Å². The number of fused-ring (bicyclic) bond motifs is 27. The number of nitrogens with zero attached hydrogens (tertiary/aromatic N) is 6. The van der Waals surface area contributed by atoms with E-state index in [0.29, 0.717) is 0 Å². The molecule has 147 heavy (non-hydrogen) atoms. The summed E-state index contributed by atoms with van der Waals surface area (Å²) in [4.78, 5) is 0. The smallest absolute Gasteiger partial charge is 0.0640 e. The number of rotatable bonds is 11. The van der Waals surface area contributed by atoms with E-state index in [2.05, 4.69) is 549 Å². The molecule has 0 spiro atoms. The van der Waals surface area contributed by atoms with Gasteiger partial charge in [-0.1, -0.05) is 388 Å². The van der Waals surface area contributed by atoms with Crippen LogP contribution in [0.5, 0.6) is 0 Å². The molecule has 32 rings (SSSR count). The average Bonchev–Trinajstić information content (AvgIpc) is 1.55. The molecule has 9 heteroatoms. The monoisotopic (exact) mass is 1920 g/mol. The molecule has 686 valence electrons. The van der Waals surface area contributed by atoms with Crippen molar-refractivity contribution >= 4 is 225 Å². The van der Waals surface area contributed by atoms with E-state index in [1.54, 1.807) is 0 Å². The minimum absolute atomic E-state index is 1.16. The number of thiophene rings is 3. The summed E-state index contributed by atoms with van der Waals surface area (Å²) in [7, 11) is 0. The molecule has 0 atom stereocenters. The SMILES string of the molecule is c1ccc(-c2ccc(-c3cccc(-n4c5ccccc5c5cc6c(cc54)c4ccccc4n6-c4cccc5c4sc4ccccc45)c3)cc2)cc1.c1ccc(-c2ccc(-n3c4ccccc4c4cc5c(cc43)c3ccccc3n5-c3cccc4c3sc3c(-c5ccccc5)cccc34)cc2)cc1.c1ccc(-c2cccc3c2sc2c(-n4c5ccccc5c5cc6c(cc54)c4ccccc4n6-c4ccccc4)cccc23)cc1. The summed E-state index contributed by atoms with van der Waals surface area (Å²) in [5.74, 6) is 0. The van der Waals surface area contributed by atoms with Crippen LogP contribution in [0.4, 0.5) is 0 Å². The molecule has 0 aliphatic heterocycles. The molecular formula is C138H86N6S3. The lowest BCUT2D eigenvalue weighted by Gasteiger charge is -2.12. The highest BCUT2D eigenvalue weighted by atomic mass is 32.1. The Morgan fingerprint density at radius 3 is 0.721 bits per heavy atom. The normalized spacial score (nSPS) is 11.9. The number of benzene rings is 23. The maximum atomic E-state index is 2.50. The zero-order valence-electron chi connectivity index (χ0n) is 79.6. The van der Waals surface area contributed by atoms with Crippen LogP contribution >= 0.6 is 34.0 Å². The van der Waals surface area contributed by atoms with Crippen molar-refractivity contribution in [1.29, 1.82) is 0 Å². The van der Waals surface area contributed by atoms with E-state index in [0.717, 1.165) is 11.4 Å². The first-order valence-electron chi connectivity index (χ1n) is 50.2. The van der Waals surface area contributed by atoms with Crippen LogP contribution in [0.25, 0.3) is 281 Å². The predicted molar refractivity (Wildman–Crippen MR) is 631 cm³/mol. The fourth-order valence-corrected chi connectivity index (χ4v) is 27.7. The second-order valence-corrected chi connectivity index (χ2v) is 41.5. The summed E-state index contributed by atoms with van der Waals surface area (Å²) < 4.78 is 22.7. The van der Waals surface area contributed by atoms with Gasteiger partial charge in [-0.05, 0) is 189 Å². The molecule has 9 aromatic heterocycles. The van der Waals surface area contributed by atoms with E-state index in [9.17, 15) is 0 Å². The standard InChI is InChI=1S/2C48H30N2S.C42H26N2S/c1-3-13-31(14-4-1)32-25-27-34(28-26-32)49-42-22-9-7-17-36(42)40-30-46-41(29-45(40)49)37-18-8-10-23-43(37)50(46)44-24-12-21-39-38-20-11-19-35(47(38)51-48(39)44)33-15-5-2-6-16-33;1-2-12-31(13-3-1)32-24-26-33(27-25-32)34-14-10-15-35(28-34)49-42-20-7-4-16-36(42)40-30-46-41(29-45(40)49)37-17-5-8-21-43(37)50(46)44-22-11-19-39-38-18-6-9-23-47(38)51-48(39)44;1-3-13-27(14-4-1)29-19-11-20-32-33-21-12-24-38(42(33)45-41(29)32)44-37-23-10-8-18-31(37)35-25-39-34(26-40(35)44)30-17-7-9-22-36(30)43(39)28-15-5-2-6-16-28/h2*1-30H;1-26H. The van der Waals surface area contributed by atoms with Crippen molar-refractivity contribution in [3.05, 3.63) is 522 Å². The van der Waals surface area contributed by atoms with Crippen LogP contribution in [0, 0.1) is 0 Å². The Labute approximate surface area is 857 Å². The van der Waals surface area contributed by atoms with E-state index < -0.39 is 0 Å². The lowest BCUT2D eigenvalue weighted by molar-refractivity contribution is 1.18. The van der Waals surface area contributed by atoms with Crippen LogP contribution in [0.2, 0.25) is 0 Å². The van der Waals surface area contributed by atoms with Crippen LogP contribution in [0.1, 0.15) is 0 Å². The summed E-state index contributed by atoms with van der Waals surface area (Å²) in [6.07, 6.45) is 0. The third-order valence-corrected chi connectivity index (χ3v) is 34.1. The molecule has 0 aliphatic rings. The van der Waals surface area contributed by atoms with Crippen LogP contribution in [-0.2, 0) is 0 Å². The number of hydrogen-bond acceptors (Lipinski definition) is 3. The van der Waals surface area contributed by atoms with Gasteiger partial charge in [0.25, 0.3) is 0 Å². The van der Waals surface area contributed by atoms with Gasteiger partial charge in [0.15, 0.2) is 0 Å². The van der Waals surface area contributed by atoms with Crippen LogP contribution < -0.4 is 0 Å². The van der Waals surface area contributed by atoms with E-state index in [-0.39, 0.29) is 0 Å². The molecule has 6 nitrogen and oxygen atoms in total. The topological polar surface area (TPSA) is 29.6 Å². The first-order chi connectivity index (χ1) is 73.0. The van der Waals surface area contributed by atoms with Gasteiger partial charge >= 0.3 is 0 Å². The highest BCUT2D eigenvalue weighted by molar-refractivity contribution is 7.27. The molecule has 23 aromatic carbocycles. The first-order valence-corrected chi connectivity index (χ1v) is 52.7. The lowest BCUT2D eigenvalue weighted by atomic mass is 10.00. The van der Waals surface area contributed by atoms with Crippen molar-refractivity contribution in [3.8, 4) is 89.8 Å². The summed E-state index contributed by atoms with van der Waals surface area (Å²) >= 11 is 5.70. The van der Waals surface area contributed by atoms with Crippen molar-refractivity contribution in [2.45, 2.75) is 0 Å². The molecule has 0 fully saturated rings. The molecular weight excluding hydrogens is 1840 g/mol. The number of para-hydroxylation sites is 7. The van der Waals surface area contributed by atoms with Gasteiger partial charge in [0.1, 0.15) is 0 Å². The highest BCUT2D eigenvalue weighted by Gasteiger charge is 2.28. The van der Waals surface area contributed by atoms with Crippen molar-refractivity contribution in [2.75, 3.05) is 0 Å². The molecule has 0 bridgehead atoms. The van der Waals surface area contributed by atoms with Gasteiger partial charge in [-0.3, -0.25) is 0 Å². The molecule has 32 aromatic rings. The fraction of sp³-hybridized carbons (Fsp3) is 0. The van der Waals surface area contributed by atoms with Crippen molar-refractivity contribution in [2.24, 2.45) is 0 Å². The highest BCUT2D eigenvalue weighted by Crippen LogP contribution is 2.52. The second-order valence-electron chi connectivity index (χ2n) is 38.4. The summed E-state index contributed by atoms with van der Waals surface area (Å²) in [6.45, 7) is 0. The number of aromatic nitrogens is 6. The maximum absolute atomic E-state index is 2.50. The quantitative estimate of drug-likeness (QED) is 0.124. The van der Waals surface area contributed by atoms with E-state index in [4.69, 9.17) is 0 Å².